The van der Waals surface area contributed by atoms with Gasteiger partial charge in [-0.3, -0.25) is 4.90 Å². The number of methoxy groups -OCH3 is 4. The fourth-order valence-electron chi connectivity index (χ4n) is 7.71. The van der Waals surface area contributed by atoms with Crippen LogP contribution in [-0.4, -0.2) is 71.9 Å². The molecule has 202 valence electrons. The van der Waals surface area contributed by atoms with Crippen LogP contribution in [-0.2, 0) is 26.2 Å². The van der Waals surface area contributed by atoms with E-state index in [-0.39, 0.29) is 11.5 Å². The highest BCUT2D eigenvalue weighted by molar-refractivity contribution is 5.70. The molecule has 7 nitrogen and oxygen atoms in total. The minimum atomic E-state index is 0.0369. The van der Waals surface area contributed by atoms with Gasteiger partial charge in [-0.1, -0.05) is 29.8 Å². The van der Waals surface area contributed by atoms with Crippen molar-refractivity contribution in [3.63, 3.8) is 0 Å². The van der Waals surface area contributed by atoms with Crippen molar-refractivity contribution in [2.45, 2.75) is 36.9 Å². The molecule has 2 aromatic carbocycles. The SMILES string of the molecule is CO/C=C1/[C@H]2C[C@@H]3N(CC[C@@]34c3ccccc3N(Cc3ccc(OC)cc3OC)[C@@H]14)C/C2=C\COCOC. The normalized spacial score (nSPS) is 29.5. The zero-order valence-corrected chi connectivity index (χ0v) is 22.8. The van der Waals surface area contributed by atoms with Crippen molar-refractivity contribution in [3.8, 4) is 11.5 Å². The van der Waals surface area contributed by atoms with Gasteiger partial charge >= 0.3 is 0 Å². The topological polar surface area (TPSA) is 52.6 Å². The molecule has 0 radical (unpaired) electrons. The number of nitrogens with zero attached hydrogens (tertiary/aromatic N) is 2. The highest BCUT2D eigenvalue weighted by atomic mass is 16.7. The summed E-state index contributed by atoms with van der Waals surface area (Å²) in [6.07, 6.45) is 6.55. The fraction of sp³-hybridized carbons (Fsp3) is 0.484. The van der Waals surface area contributed by atoms with Gasteiger partial charge in [0.05, 0.1) is 40.2 Å². The Morgan fingerprint density at radius 2 is 1.92 bits per heavy atom. The lowest BCUT2D eigenvalue weighted by atomic mass is 9.58. The van der Waals surface area contributed by atoms with Crippen molar-refractivity contribution in [2.24, 2.45) is 5.92 Å². The van der Waals surface area contributed by atoms with Gasteiger partial charge < -0.3 is 28.6 Å². The summed E-state index contributed by atoms with van der Waals surface area (Å²) in [6, 6.07) is 15.9. The van der Waals surface area contributed by atoms with Gasteiger partial charge in [0.2, 0.25) is 0 Å². The van der Waals surface area contributed by atoms with Gasteiger partial charge in [0.25, 0.3) is 0 Å². The molecular formula is C31H38N2O5. The molecule has 1 spiro atoms. The van der Waals surface area contributed by atoms with E-state index in [1.54, 1.807) is 28.4 Å². The van der Waals surface area contributed by atoms with Crippen molar-refractivity contribution in [3.05, 3.63) is 77.1 Å². The van der Waals surface area contributed by atoms with Crippen LogP contribution in [0.4, 0.5) is 5.69 Å². The lowest BCUT2D eigenvalue weighted by Crippen LogP contribution is -2.61. The van der Waals surface area contributed by atoms with Crippen LogP contribution < -0.4 is 14.4 Å². The summed E-state index contributed by atoms with van der Waals surface area (Å²) < 4.78 is 27.9. The lowest BCUT2D eigenvalue weighted by Gasteiger charge is -2.54. The second kappa shape index (κ2) is 10.3. The molecule has 1 aliphatic carbocycles. The van der Waals surface area contributed by atoms with E-state index in [1.807, 2.05) is 18.4 Å². The van der Waals surface area contributed by atoms with Crippen LogP contribution in [0.15, 0.2) is 65.9 Å². The quantitative estimate of drug-likeness (QED) is 0.209. The van der Waals surface area contributed by atoms with Crippen molar-refractivity contribution in [1.29, 1.82) is 0 Å². The monoisotopic (exact) mass is 518 g/mol. The Bertz CT molecular complexity index is 1240. The van der Waals surface area contributed by atoms with E-state index in [9.17, 15) is 0 Å². The van der Waals surface area contributed by atoms with E-state index in [2.05, 4.69) is 46.2 Å². The number of piperidine rings is 1. The van der Waals surface area contributed by atoms with Gasteiger partial charge in [0, 0.05) is 54.9 Å². The number of hydrogen-bond donors (Lipinski definition) is 0. The zero-order valence-electron chi connectivity index (χ0n) is 22.8. The number of benzene rings is 2. The van der Waals surface area contributed by atoms with E-state index >= 15 is 0 Å². The number of ether oxygens (including phenoxy) is 5. The third-order valence-corrected chi connectivity index (χ3v) is 9.13. The molecule has 2 aromatic rings. The summed E-state index contributed by atoms with van der Waals surface area (Å²) in [7, 11) is 6.86. The Balaban J connectivity index is 1.46. The Kier molecular flexibility index (Phi) is 6.84. The first-order valence-electron chi connectivity index (χ1n) is 13.5. The number of fused-ring (bicyclic) bond motifs is 2. The van der Waals surface area contributed by atoms with E-state index in [4.69, 9.17) is 23.7 Å². The number of rotatable bonds is 9. The smallest absolute Gasteiger partial charge is 0.146 e. The molecule has 0 N–H and O–H groups in total. The van der Waals surface area contributed by atoms with Gasteiger partial charge in [0.1, 0.15) is 18.3 Å². The second-order valence-electron chi connectivity index (χ2n) is 10.7. The van der Waals surface area contributed by atoms with Gasteiger partial charge in [0.15, 0.2) is 0 Å². The average molecular weight is 519 g/mol. The zero-order chi connectivity index (χ0) is 26.3. The van der Waals surface area contributed by atoms with E-state index in [1.165, 1.54) is 22.4 Å². The van der Waals surface area contributed by atoms with Crippen LogP contribution in [0.3, 0.4) is 0 Å². The second-order valence-corrected chi connectivity index (χ2v) is 10.7. The van der Waals surface area contributed by atoms with E-state index in [0.717, 1.165) is 49.5 Å². The molecule has 1 saturated carbocycles. The molecule has 7 heteroatoms. The van der Waals surface area contributed by atoms with E-state index in [0.29, 0.717) is 25.4 Å². The molecule has 0 amide bonds. The van der Waals surface area contributed by atoms with Gasteiger partial charge in [-0.15, -0.1) is 0 Å². The molecule has 4 aliphatic rings. The van der Waals surface area contributed by atoms with Crippen molar-refractivity contribution >= 4 is 5.69 Å². The molecule has 4 atom stereocenters. The summed E-state index contributed by atoms with van der Waals surface area (Å²) in [4.78, 5) is 5.32. The molecule has 0 aromatic heterocycles. The summed E-state index contributed by atoms with van der Waals surface area (Å²) in [5, 5.41) is 0. The molecule has 6 rings (SSSR count). The Hall–Kier alpha value is -3.00. The summed E-state index contributed by atoms with van der Waals surface area (Å²) in [6.45, 7) is 3.68. The minimum absolute atomic E-state index is 0.0369. The maximum Gasteiger partial charge on any atom is 0.146 e. The molecule has 3 heterocycles. The van der Waals surface area contributed by atoms with Gasteiger partial charge in [-0.05, 0) is 48.7 Å². The van der Waals surface area contributed by atoms with Crippen molar-refractivity contribution in [1.82, 2.24) is 4.90 Å². The summed E-state index contributed by atoms with van der Waals surface area (Å²) >= 11 is 0. The van der Waals surface area contributed by atoms with Crippen molar-refractivity contribution < 1.29 is 23.7 Å². The standard InChI is InChI=1S/C31H38N2O5/c1-34-19-25-24-16-29-31(12-13-32(29)17-21(24)11-14-38-20-35-2)26-7-5-6-8-27(26)33(30(25)31)18-22-9-10-23(36-3)15-28(22)37-4/h5-11,15,19,24,29-30H,12-14,16-18,20H2,1-4H3/b21-11+,25-19-/t24-,29-,30-,31+/m0/s1. The Morgan fingerprint density at radius 1 is 1.05 bits per heavy atom. The predicted molar refractivity (Wildman–Crippen MR) is 147 cm³/mol. The Labute approximate surface area is 225 Å². The minimum Gasteiger partial charge on any atom is -0.504 e. The van der Waals surface area contributed by atoms with Crippen LogP contribution in [0.2, 0.25) is 0 Å². The average Bonchev–Trinajstić information content (AvgIpc) is 3.48. The molecule has 3 aliphatic heterocycles. The summed E-state index contributed by atoms with van der Waals surface area (Å²) in [5.74, 6) is 1.97. The third kappa shape index (κ3) is 3.82. The lowest BCUT2D eigenvalue weighted by molar-refractivity contribution is -0.0191. The maximum absolute atomic E-state index is 5.83. The first-order chi connectivity index (χ1) is 18.7. The van der Waals surface area contributed by atoms with Crippen LogP contribution in [0.25, 0.3) is 0 Å². The van der Waals surface area contributed by atoms with Crippen molar-refractivity contribution in [2.75, 3.05) is 59.8 Å². The van der Waals surface area contributed by atoms with E-state index < -0.39 is 0 Å². The molecule has 2 bridgehead atoms. The number of para-hydroxylation sites is 1. The first-order valence-corrected chi connectivity index (χ1v) is 13.5. The highest BCUT2D eigenvalue weighted by Crippen LogP contribution is 2.63. The van der Waals surface area contributed by atoms with Crippen LogP contribution in [0.1, 0.15) is 24.0 Å². The summed E-state index contributed by atoms with van der Waals surface area (Å²) in [5.41, 5.74) is 6.77. The van der Waals surface area contributed by atoms with Crippen LogP contribution in [0, 0.1) is 5.92 Å². The Morgan fingerprint density at radius 3 is 2.71 bits per heavy atom. The number of anilines is 1. The highest BCUT2D eigenvalue weighted by Gasteiger charge is 2.65. The van der Waals surface area contributed by atoms with Gasteiger partial charge in [-0.25, -0.2) is 0 Å². The molecule has 3 fully saturated rings. The van der Waals surface area contributed by atoms with Crippen LogP contribution in [0.5, 0.6) is 11.5 Å². The maximum atomic E-state index is 5.83. The fourth-order valence-corrected chi connectivity index (χ4v) is 7.71. The molecule has 38 heavy (non-hydrogen) atoms. The molecular weight excluding hydrogens is 480 g/mol. The molecule has 0 unspecified atom stereocenters. The molecule has 2 saturated heterocycles. The van der Waals surface area contributed by atoms with Crippen LogP contribution >= 0.6 is 0 Å². The largest absolute Gasteiger partial charge is 0.504 e. The van der Waals surface area contributed by atoms with Gasteiger partial charge in [-0.2, -0.15) is 0 Å². The number of hydrogen-bond acceptors (Lipinski definition) is 7. The predicted octanol–water partition coefficient (Wildman–Crippen LogP) is 4.52. The third-order valence-electron chi connectivity index (χ3n) is 9.13. The first kappa shape index (κ1) is 25.3.